The van der Waals surface area contributed by atoms with Crippen LogP contribution in [-0.2, 0) is 11.8 Å². The zero-order chi connectivity index (χ0) is 13.1. The summed E-state index contributed by atoms with van der Waals surface area (Å²) in [6, 6.07) is 0.392. The van der Waals surface area contributed by atoms with Crippen molar-refractivity contribution in [2.75, 3.05) is 13.7 Å². The van der Waals surface area contributed by atoms with Crippen molar-refractivity contribution in [1.82, 2.24) is 15.1 Å². The molecule has 1 saturated heterocycles. The van der Waals surface area contributed by atoms with Crippen molar-refractivity contribution in [3.8, 4) is 0 Å². The Morgan fingerprint density at radius 1 is 1.50 bits per heavy atom. The number of hydrogen-bond acceptors (Lipinski definition) is 3. The summed E-state index contributed by atoms with van der Waals surface area (Å²) in [5, 5.41) is 7.93. The lowest BCUT2D eigenvalue weighted by Crippen LogP contribution is -2.20. The Kier molecular flexibility index (Phi) is 4.40. The second-order valence-corrected chi connectivity index (χ2v) is 5.26. The predicted octanol–water partition coefficient (Wildman–Crippen LogP) is 2.26. The first-order valence-electron chi connectivity index (χ1n) is 6.92. The van der Waals surface area contributed by atoms with Crippen LogP contribution in [0.15, 0.2) is 0 Å². The van der Waals surface area contributed by atoms with Gasteiger partial charge < -0.3 is 10.1 Å². The first-order chi connectivity index (χ1) is 8.63. The lowest BCUT2D eigenvalue weighted by atomic mass is 9.98. The molecule has 4 heteroatoms. The van der Waals surface area contributed by atoms with E-state index >= 15 is 0 Å². The van der Waals surface area contributed by atoms with Gasteiger partial charge in [-0.1, -0.05) is 0 Å². The molecule has 2 atom stereocenters. The van der Waals surface area contributed by atoms with Gasteiger partial charge in [-0.15, -0.1) is 0 Å². The highest BCUT2D eigenvalue weighted by Gasteiger charge is 2.22. The van der Waals surface area contributed by atoms with Crippen molar-refractivity contribution in [2.24, 2.45) is 7.05 Å². The van der Waals surface area contributed by atoms with Gasteiger partial charge in [-0.05, 0) is 46.6 Å². The Hall–Kier alpha value is -0.870. The Labute approximate surface area is 110 Å². The number of aryl methyl sites for hydroxylation is 2. The first kappa shape index (κ1) is 13.6. The zero-order valence-electron chi connectivity index (χ0n) is 12.0. The summed E-state index contributed by atoms with van der Waals surface area (Å²) < 4.78 is 7.67. The van der Waals surface area contributed by atoms with E-state index in [-0.39, 0.29) is 0 Å². The van der Waals surface area contributed by atoms with E-state index in [1.54, 1.807) is 0 Å². The number of aromatic nitrogens is 2. The molecule has 1 aliphatic rings. The maximum Gasteiger partial charge on any atom is 0.0644 e. The summed E-state index contributed by atoms with van der Waals surface area (Å²) in [6.07, 6.45) is 5.17. The molecule has 0 aliphatic carbocycles. The molecule has 1 fully saturated rings. The molecule has 1 aromatic heterocycles. The van der Waals surface area contributed by atoms with E-state index in [4.69, 9.17) is 4.74 Å². The van der Waals surface area contributed by atoms with Gasteiger partial charge in [0.2, 0.25) is 0 Å². The molecule has 1 aliphatic heterocycles. The van der Waals surface area contributed by atoms with Crippen molar-refractivity contribution >= 4 is 0 Å². The van der Waals surface area contributed by atoms with Gasteiger partial charge in [0.15, 0.2) is 0 Å². The molecule has 4 nitrogen and oxygen atoms in total. The van der Waals surface area contributed by atoms with Gasteiger partial charge >= 0.3 is 0 Å². The summed E-state index contributed by atoms with van der Waals surface area (Å²) in [7, 11) is 4.05. The van der Waals surface area contributed by atoms with Crippen LogP contribution in [0.1, 0.15) is 48.7 Å². The van der Waals surface area contributed by atoms with Crippen LogP contribution in [0.5, 0.6) is 0 Å². The second kappa shape index (κ2) is 5.85. The topological polar surface area (TPSA) is 39.1 Å². The number of nitrogens with one attached hydrogen (secondary N) is 1. The fourth-order valence-electron chi connectivity index (χ4n) is 2.95. The second-order valence-electron chi connectivity index (χ2n) is 5.26. The molecule has 1 aromatic rings. The lowest BCUT2D eigenvalue weighted by Gasteiger charge is -2.19. The molecule has 0 radical (unpaired) electrons. The molecule has 102 valence electrons. The SMILES string of the molecule is CNC(CCC1CCCO1)c1c(C)nn(C)c1C. The Bertz CT molecular complexity index is 394. The van der Waals surface area contributed by atoms with Crippen molar-refractivity contribution in [3.05, 3.63) is 17.0 Å². The molecule has 2 heterocycles. The molecule has 0 saturated carbocycles. The van der Waals surface area contributed by atoms with Crippen LogP contribution < -0.4 is 5.32 Å². The largest absolute Gasteiger partial charge is 0.378 e. The van der Waals surface area contributed by atoms with Crippen molar-refractivity contribution in [3.63, 3.8) is 0 Å². The molecule has 18 heavy (non-hydrogen) atoms. The monoisotopic (exact) mass is 251 g/mol. The molecule has 0 spiro atoms. The maximum atomic E-state index is 5.70. The smallest absolute Gasteiger partial charge is 0.0644 e. The highest BCUT2D eigenvalue weighted by Crippen LogP contribution is 2.27. The van der Waals surface area contributed by atoms with E-state index in [1.807, 2.05) is 18.8 Å². The highest BCUT2D eigenvalue weighted by atomic mass is 16.5. The van der Waals surface area contributed by atoms with Crippen LogP contribution in [0.2, 0.25) is 0 Å². The van der Waals surface area contributed by atoms with Gasteiger partial charge in [-0.25, -0.2) is 0 Å². The fourth-order valence-corrected chi connectivity index (χ4v) is 2.95. The average molecular weight is 251 g/mol. The normalized spacial score (nSPS) is 21.4. The summed E-state index contributed by atoms with van der Waals surface area (Å²) in [5.41, 5.74) is 3.76. The van der Waals surface area contributed by atoms with Gasteiger partial charge in [-0.3, -0.25) is 4.68 Å². The average Bonchev–Trinajstić information content (AvgIpc) is 2.93. The summed E-state index contributed by atoms with van der Waals surface area (Å²) in [5.74, 6) is 0. The molecule has 0 amide bonds. The molecule has 2 rings (SSSR count). The first-order valence-corrected chi connectivity index (χ1v) is 6.92. The summed E-state index contributed by atoms with van der Waals surface area (Å²) in [4.78, 5) is 0. The van der Waals surface area contributed by atoms with Crippen molar-refractivity contribution < 1.29 is 4.74 Å². The van der Waals surface area contributed by atoms with Crippen LogP contribution in [0, 0.1) is 13.8 Å². The summed E-state index contributed by atoms with van der Waals surface area (Å²) in [6.45, 7) is 5.18. The zero-order valence-corrected chi connectivity index (χ0v) is 12.0. The van der Waals surface area contributed by atoms with Crippen molar-refractivity contribution in [1.29, 1.82) is 0 Å². The number of hydrogen-bond donors (Lipinski definition) is 1. The lowest BCUT2D eigenvalue weighted by molar-refractivity contribution is 0.0998. The Morgan fingerprint density at radius 3 is 2.78 bits per heavy atom. The van der Waals surface area contributed by atoms with Crippen LogP contribution in [-0.4, -0.2) is 29.5 Å². The molecule has 0 bridgehead atoms. The van der Waals surface area contributed by atoms with E-state index in [0.29, 0.717) is 12.1 Å². The fraction of sp³-hybridized carbons (Fsp3) is 0.786. The van der Waals surface area contributed by atoms with E-state index in [0.717, 1.165) is 25.1 Å². The van der Waals surface area contributed by atoms with Crippen LogP contribution in [0.4, 0.5) is 0 Å². The standard InChI is InChI=1S/C14H25N3O/c1-10-14(11(2)17(4)16-10)13(15-3)8-7-12-6-5-9-18-12/h12-13,15H,5-9H2,1-4H3. The van der Waals surface area contributed by atoms with E-state index in [1.165, 1.54) is 24.1 Å². The number of rotatable bonds is 5. The number of ether oxygens (including phenoxy) is 1. The minimum atomic E-state index is 0.392. The van der Waals surface area contributed by atoms with Gasteiger partial charge in [0.25, 0.3) is 0 Å². The van der Waals surface area contributed by atoms with Gasteiger partial charge in [-0.2, -0.15) is 5.10 Å². The minimum Gasteiger partial charge on any atom is -0.378 e. The van der Waals surface area contributed by atoms with E-state index in [9.17, 15) is 0 Å². The molecule has 2 unspecified atom stereocenters. The predicted molar refractivity (Wildman–Crippen MR) is 72.7 cm³/mol. The van der Waals surface area contributed by atoms with Gasteiger partial charge in [0.1, 0.15) is 0 Å². The van der Waals surface area contributed by atoms with E-state index < -0.39 is 0 Å². The van der Waals surface area contributed by atoms with E-state index in [2.05, 4.69) is 24.3 Å². The third-order valence-corrected chi connectivity index (χ3v) is 4.06. The quantitative estimate of drug-likeness (QED) is 0.872. The van der Waals surface area contributed by atoms with Crippen LogP contribution in [0.3, 0.4) is 0 Å². The van der Waals surface area contributed by atoms with Gasteiger partial charge in [0.05, 0.1) is 11.8 Å². The maximum absolute atomic E-state index is 5.70. The Balaban J connectivity index is 2.03. The van der Waals surface area contributed by atoms with Crippen LogP contribution in [0.25, 0.3) is 0 Å². The molecule has 1 N–H and O–H groups in total. The third kappa shape index (κ3) is 2.75. The minimum absolute atomic E-state index is 0.392. The van der Waals surface area contributed by atoms with Crippen LogP contribution >= 0.6 is 0 Å². The number of nitrogens with zero attached hydrogens (tertiary/aromatic N) is 2. The Morgan fingerprint density at radius 2 is 2.28 bits per heavy atom. The molecular weight excluding hydrogens is 226 g/mol. The highest BCUT2D eigenvalue weighted by molar-refractivity contribution is 5.28. The molecular formula is C14H25N3O. The van der Waals surface area contributed by atoms with Gasteiger partial charge in [0, 0.05) is 31.0 Å². The third-order valence-electron chi connectivity index (χ3n) is 4.06. The molecule has 0 aromatic carbocycles. The summed E-state index contributed by atoms with van der Waals surface area (Å²) >= 11 is 0. The van der Waals surface area contributed by atoms with Crippen molar-refractivity contribution in [2.45, 2.75) is 51.7 Å².